The summed E-state index contributed by atoms with van der Waals surface area (Å²) in [5.74, 6) is -0.106. The van der Waals surface area contributed by atoms with Crippen LogP contribution in [0.5, 0.6) is 0 Å². The topological polar surface area (TPSA) is 47.6 Å². The third-order valence-electron chi connectivity index (χ3n) is 1.48. The molecule has 0 unspecified atom stereocenters. The highest BCUT2D eigenvalue weighted by molar-refractivity contribution is 9.09. The van der Waals surface area contributed by atoms with Gasteiger partial charge in [-0.25, -0.2) is 0 Å². The highest BCUT2D eigenvalue weighted by Crippen LogP contribution is 2.05. The van der Waals surface area contributed by atoms with E-state index in [1.165, 1.54) is 0 Å². The zero-order chi connectivity index (χ0) is 11.0. The highest BCUT2D eigenvalue weighted by Gasteiger charge is 2.18. The molecule has 0 aromatic rings. The molecule has 0 saturated heterocycles. The highest BCUT2D eigenvalue weighted by atomic mass is 79.9. The Hall–Kier alpha value is -0.130. The Morgan fingerprint density at radius 3 is 2.57 bits per heavy atom. The molecule has 0 rings (SSSR count). The maximum Gasteiger partial charge on any atom is 0.246 e. The summed E-state index contributed by atoms with van der Waals surface area (Å²) in [5.41, 5.74) is -0.234. The second kappa shape index (κ2) is 7.20. The van der Waals surface area contributed by atoms with E-state index in [0.717, 1.165) is 0 Å². The van der Waals surface area contributed by atoms with Crippen molar-refractivity contribution >= 4 is 21.8 Å². The van der Waals surface area contributed by atoms with Gasteiger partial charge in [0.1, 0.15) is 6.61 Å². The first kappa shape index (κ1) is 13.9. The van der Waals surface area contributed by atoms with Crippen LogP contribution in [0.2, 0.25) is 0 Å². The van der Waals surface area contributed by atoms with E-state index in [9.17, 15) is 4.79 Å². The van der Waals surface area contributed by atoms with Crippen molar-refractivity contribution in [1.29, 1.82) is 0 Å². The van der Waals surface area contributed by atoms with Gasteiger partial charge in [-0.2, -0.15) is 0 Å². The van der Waals surface area contributed by atoms with Crippen LogP contribution >= 0.6 is 15.9 Å². The van der Waals surface area contributed by atoms with Gasteiger partial charge < -0.3 is 14.8 Å². The van der Waals surface area contributed by atoms with Crippen LogP contribution in [0.15, 0.2) is 0 Å². The monoisotopic (exact) mass is 267 g/mol. The Balaban J connectivity index is 3.55. The number of methoxy groups -OCH3 is 1. The van der Waals surface area contributed by atoms with Crippen LogP contribution in [-0.4, -0.2) is 43.7 Å². The number of rotatable bonds is 7. The molecule has 0 radical (unpaired) electrons. The van der Waals surface area contributed by atoms with Crippen molar-refractivity contribution in [3.05, 3.63) is 0 Å². The Bertz CT molecular complexity index is 173. The number of ether oxygens (including phenoxy) is 2. The number of amides is 1. The molecule has 14 heavy (non-hydrogen) atoms. The Morgan fingerprint density at radius 2 is 2.07 bits per heavy atom. The first-order valence-electron chi connectivity index (χ1n) is 4.45. The standard InChI is InChI=1S/C9H18BrNO3/c1-9(2,7-10)11-8(12)6-14-5-4-13-3/h4-7H2,1-3H3,(H,11,12). The quantitative estimate of drug-likeness (QED) is 0.552. The van der Waals surface area contributed by atoms with Gasteiger partial charge in [-0.15, -0.1) is 0 Å². The summed E-state index contributed by atoms with van der Waals surface area (Å²) in [6, 6.07) is 0. The summed E-state index contributed by atoms with van der Waals surface area (Å²) in [5, 5.41) is 3.54. The molecule has 0 bridgehead atoms. The number of halogens is 1. The number of nitrogens with one attached hydrogen (secondary N) is 1. The predicted molar refractivity (Wildman–Crippen MR) is 58.7 cm³/mol. The summed E-state index contributed by atoms with van der Waals surface area (Å²) < 4.78 is 9.86. The van der Waals surface area contributed by atoms with Gasteiger partial charge in [0.05, 0.1) is 13.2 Å². The van der Waals surface area contributed by atoms with Gasteiger partial charge in [0.15, 0.2) is 0 Å². The molecule has 0 aliphatic heterocycles. The SMILES string of the molecule is COCCOCC(=O)NC(C)(C)CBr. The number of hydrogen-bond donors (Lipinski definition) is 1. The fraction of sp³-hybridized carbons (Fsp3) is 0.889. The molecule has 0 spiro atoms. The van der Waals surface area contributed by atoms with Crippen LogP contribution in [0, 0.1) is 0 Å². The molecule has 84 valence electrons. The first-order chi connectivity index (χ1) is 6.52. The molecule has 4 nitrogen and oxygen atoms in total. The summed E-state index contributed by atoms with van der Waals surface area (Å²) in [7, 11) is 1.59. The Kier molecular flexibility index (Phi) is 7.13. The molecule has 0 aromatic carbocycles. The van der Waals surface area contributed by atoms with Crippen LogP contribution in [0.25, 0.3) is 0 Å². The third-order valence-corrected chi connectivity index (χ3v) is 2.88. The number of carbonyl (C=O) groups excluding carboxylic acids is 1. The lowest BCUT2D eigenvalue weighted by molar-refractivity contribution is -0.127. The van der Waals surface area contributed by atoms with Crippen molar-refractivity contribution in [2.75, 3.05) is 32.3 Å². The van der Waals surface area contributed by atoms with Gasteiger partial charge >= 0.3 is 0 Å². The van der Waals surface area contributed by atoms with Crippen LogP contribution < -0.4 is 5.32 Å². The van der Waals surface area contributed by atoms with Gasteiger partial charge in [-0.05, 0) is 13.8 Å². The molecule has 5 heteroatoms. The lowest BCUT2D eigenvalue weighted by Gasteiger charge is -2.23. The molecule has 0 aliphatic carbocycles. The van der Waals surface area contributed by atoms with E-state index in [4.69, 9.17) is 9.47 Å². The molecule has 0 aliphatic rings. The van der Waals surface area contributed by atoms with Crippen molar-refractivity contribution in [3.63, 3.8) is 0 Å². The predicted octanol–water partition coefficient (Wildman–Crippen LogP) is 0.939. The second-order valence-electron chi connectivity index (χ2n) is 3.61. The first-order valence-corrected chi connectivity index (χ1v) is 5.57. The average Bonchev–Trinajstić information content (AvgIpc) is 2.12. The van der Waals surface area contributed by atoms with Crippen LogP contribution in [-0.2, 0) is 14.3 Å². The van der Waals surface area contributed by atoms with Gasteiger partial charge in [0.2, 0.25) is 5.91 Å². The molecule has 0 aromatic heterocycles. The minimum atomic E-state index is -0.234. The normalized spacial score (nSPS) is 11.4. The van der Waals surface area contributed by atoms with E-state index < -0.39 is 0 Å². The van der Waals surface area contributed by atoms with Crippen LogP contribution in [0.4, 0.5) is 0 Å². The van der Waals surface area contributed by atoms with E-state index in [1.54, 1.807) is 7.11 Å². The number of alkyl halides is 1. The van der Waals surface area contributed by atoms with Crippen LogP contribution in [0.1, 0.15) is 13.8 Å². The third kappa shape index (κ3) is 7.29. The summed E-state index contributed by atoms with van der Waals surface area (Å²) in [6.07, 6.45) is 0. The zero-order valence-corrected chi connectivity index (χ0v) is 10.5. The minimum absolute atomic E-state index is 0.0831. The number of carbonyl (C=O) groups is 1. The zero-order valence-electron chi connectivity index (χ0n) is 8.93. The van der Waals surface area contributed by atoms with E-state index >= 15 is 0 Å². The van der Waals surface area contributed by atoms with Gasteiger partial charge in [0, 0.05) is 18.0 Å². The molecular formula is C9H18BrNO3. The summed E-state index contributed by atoms with van der Waals surface area (Å²) in [4.78, 5) is 11.3. The number of hydrogen-bond acceptors (Lipinski definition) is 3. The van der Waals surface area contributed by atoms with Crippen molar-refractivity contribution in [2.45, 2.75) is 19.4 Å². The molecule has 0 fully saturated rings. The van der Waals surface area contributed by atoms with Gasteiger partial charge in [0.25, 0.3) is 0 Å². The van der Waals surface area contributed by atoms with Crippen molar-refractivity contribution in [3.8, 4) is 0 Å². The van der Waals surface area contributed by atoms with E-state index in [1.807, 2.05) is 13.8 Å². The lowest BCUT2D eigenvalue weighted by Crippen LogP contribution is -2.46. The van der Waals surface area contributed by atoms with E-state index in [2.05, 4.69) is 21.2 Å². The van der Waals surface area contributed by atoms with Crippen molar-refractivity contribution in [2.24, 2.45) is 0 Å². The fourth-order valence-corrected chi connectivity index (χ4v) is 0.894. The largest absolute Gasteiger partial charge is 0.382 e. The molecule has 0 heterocycles. The van der Waals surface area contributed by atoms with Crippen molar-refractivity contribution in [1.82, 2.24) is 5.32 Å². The maximum atomic E-state index is 11.3. The fourth-order valence-electron chi connectivity index (χ4n) is 0.754. The smallest absolute Gasteiger partial charge is 0.246 e. The summed E-state index contributed by atoms with van der Waals surface area (Å²) in [6.45, 7) is 4.91. The average molecular weight is 268 g/mol. The molecule has 0 saturated carbocycles. The molecular weight excluding hydrogens is 250 g/mol. The Labute approximate surface area is 93.5 Å². The lowest BCUT2D eigenvalue weighted by atomic mass is 10.1. The Morgan fingerprint density at radius 1 is 1.43 bits per heavy atom. The van der Waals surface area contributed by atoms with Crippen molar-refractivity contribution < 1.29 is 14.3 Å². The summed E-state index contributed by atoms with van der Waals surface area (Å²) >= 11 is 3.32. The van der Waals surface area contributed by atoms with Gasteiger partial charge in [-0.3, -0.25) is 4.79 Å². The molecule has 1 amide bonds. The minimum Gasteiger partial charge on any atom is -0.382 e. The second-order valence-corrected chi connectivity index (χ2v) is 4.17. The van der Waals surface area contributed by atoms with Gasteiger partial charge in [-0.1, -0.05) is 15.9 Å². The van der Waals surface area contributed by atoms with E-state index in [0.29, 0.717) is 18.5 Å². The molecule has 1 N–H and O–H groups in total. The molecule has 0 atom stereocenters. The van der Waals surface area contributed by atoms with Crippen LogP contribution in [0.3, 0.4) is 0 Å². The maximum absolute atomic E-state index is 11.3. The van der Waals surface area contributed by atoms with E-state index in [-0.39, 0.29) is 18.1 Å².